The van der Waals surface area contributed by atoms with E-state index >= 15 is 0 Å². The summed E-state index contributed by atoms with van der Waals surface area (Å²) in [6.07, 6.45) is 10.1. The van der Waals surface area contributed by atoms with Crippen LogP contribution < -0.4 is 5.32 Å². The van der Waals surface area contributed by atoms with Gasteiger partial charge in [0.05, 0.1) is 0 Å². The van der Waals surface area contributed by atoms with Crippen LogP contribution in [0.25, 0.3) is 0 Å². The molecule has 0 spiro atoms. The maximum absolute atomic E-state index is 13.0. The van der Waals surface area contributed by atoms with Gasteiger partial charge in [-0.3, -0.25) is 9.59 Å². The van der Waals surface area contributed by atoms with E-state index in [1.54, 1.807) is 0 Å². The number of piperidine rings is 1. The van der Waals surface area contributed by atoms with Crippen molar-refractivity contribution in [2.24, 2.45) is 23.2 Å². The smallest absolute Gasteiger partial charge is 0.224 e. The number of rotatable bonds is 1. The quantitative estimate of drug-likeness (QED) is 0.778. The van der Waals surface area contributed by atoms with Crippen LogP contribution in [0.2, 0.25) is 0 Å². The van der Waals surface area contributed by atoms with E-state index in [4.69, 9.17) is 0 Å². The van der Waals surface area contributed by atoms with Crippen molar-refractivity contribution in [3.63, 3.8) is 0 Å². The molecular formula is C22H32N2O2. The Labute approximate surface area is 157 Å². The molecule has 0 aromatic rings. The zero-order valence-electron chi connectivity index (χ0n) is 16.6. The van der Waals surface area contributed by atoms with Gasteiger partial charge >= 0.3 is 0 Å². The molecule has 4 aliphatic rings. The van der Waals surface area contributed by atoms with Gasteiger partial charge in [-0.25, -0.2) is 0 Å². The van der Waals surface area contributed by atoms with Gasteiger partial charge in [0.1, 0.15) is 0 Å². The lowest BCUT2D eigenvalue weighted by Gasteiger charge is -2.50. The first-order chi connectivity index (χ1) is 12.2. The van der Waals surface area contributed by atoms with Crippen LogP contribution in [0.5, 0.6) is 0 Å². The van der Waals surface area contributed by atoms with Crippen LogP contribution in [0.4, 0.5) is 0 Å². The van der Waals surface area contributed by atoms with E-state index in [1.165, 1.54) is 11.4 Å². The Morgan fingerprint density at radius 2 is 2.00 bits per heavy atom. The van der Waals surface area contributed by atoms with Gasteiger partial charge < -0.3 is 10.2 Å². The Bertz CT molecular complexity index is 699. The molecule has 1 saturated heterocycles. The lowest BCUT2D eigenvalue weighted by Crippen LogP contribution is -2.50. The first-order valence-electron chi connectivity index (χ1n) is 10.2. The summed E-state index contributed by atoms with van der Waals surface area (Å²) < 4.78 is 0. The first kappa shape index (κ1) is 17.8. The first-order valence-corrected chi connectivity index (χ1v) is 10.2. The number of nitrogens with one attached hydrogen (secondary N) is 1. The summed E-state index contributed by atoms with van der Waals surface area (Å²) in [7, 11) is 0. The fourth-order valence-electron chi connectivity index (χ4n) is 5.95. The molecule has 0 bridgehead atoms. The zero-order valence-corrected chi connectivity index (χ0v) is 16.6. The molecular weight excluding hydrogens is 324 g/mol. The fraction of sp³-hybridized carbons (Fsp3) is 0.727. The highest BCUT2D eigenvalue weighted by atomic mass is 16.2. The molecule has 4 heteroatoms. The largest absolute Gasteiger partial charge is 0.351 e. The number of fused-ring (bicyclic) bond motifs is 5. The van der Waals surface area contributed by atoms with E-state index in [2.05, 4.69) is 44.0 Å². The Hall–Kier alpha value is -1.58. The average Bonchev–Trinajstić information content (AvgIpc) is 2.90. The molecule has 4 atom stereocenters. The lowest BCUT2D eigenvalue weighted by atomic mass is 9.60. The van der Waals surface area contributed by atoms with Crippen molar-refractivity contribution in [3.8, 4) is 0 Å². The lowest BCUT2D eigenvalue weighted by molar-refractivity contribution is -0.130. The Kier molecular flexibility index (Phi) is 4.09. The summed E-state index contributed by atoms with van der Waals surface area (Å²) in [6.45, 7) is 9.36. The van der Waals surface area contributed by atoms with E-state index in [0.29, 0.717) is 18.3 Å². The van der Waals surface area contributed by atoms with Gasteiger partial charge in [-0.05, 0) is 64.2 Å². The normalized spacial score (nSPS) is 36.5. The molecule has 4 nitrogen and oxygen atoms in total. The third-order valence-corrected chi connectivity index (χ3v) is 7.12. The molecule has 1 saturated carbocycles. The average molecular weight is 357 g/mol. The Morgan fingerprint density at radius 3 is 2.73 bits per heavy atom. The highest BCUT2D eigenvalue weighted by Gasteiger charge is 2.55. The highest BCUT2D eigenvalue weighted by molar-refractivity contribution is 5.91. The fourth-order valence-corrected chi connectivity index (χ4v) is 5.95. The third kappa shape index (κ3) is 2.82. The standard InChI is InChI=1S/C22H32N2O2/c1-21(2,3)23-20(26)18-8-7-17-16-6-5-14-13-15(25)10-12-24(14)19(16)9-11-22(17,18)4/h9,13,16-18H,5-8,10-12H2,1-4H3,(H,23,26)/t16-,17-,18+,22-/m0/s1. The second kappa shape index (κ2) is 5.97. The SMILES string of the molecule is CC(C)(C)NC(=O)[C@H]1CC[C@H]2[C@@H]3CCC4=CC(=O)CCN4C3=CC[C@]12C. The van der Waals surface area contributed by atoms with Gasteiger partial charge in [0.25, 0.3) is 0 Å². The van der Waals surface area contributed by atoms with Crippen LogP contribution in [-0.4, -0.2) is 28.7 Å². The summed E-state index contributed by atoms with van der Waals surface area (Å²) in [5, 5.41) is 3.22. The number of carbonyl (C=O) groups is 2. The summed E-state index contributed by atoms with van der Waals surface area (Å²) in [6, 6.07) is 0. The van der Waals surface area contributed by atoms with Gasteiger partial charge in [0.2, 0.25) is 5.91 Å². The predicted molar refractivity (Wildman–Crippen MR) is 102 cm³/mol. The number of ketones is 1. The molecule has 1 amide bonds. The molecule has 1 N–H and O–H groups in total. The molecule has 2 fully saturated rings. The minimum Gasteiger partial charge on any atom is -0.351 e. The van der Waals surface area contributed by atoms with E-state index in [9.17, 15) is 9.59 Å². The van der Waals surface area contributed by atoms with Crippen LogP contribution in [0.1, 0.15) is 66.2 Å². The molecule has 0 radical (unpaired) electrons. The van der Waals surface area contributed by atoms with Crippen molar-refractivity contribution >= 4 is 11.7 Å². The Balaban J connectivity index is 1.60. The summed E-state index contributed by atoms with van der Waals surface area (Å²) >= 11 is 0. The van der Waals surface area contributed by atoms with Gasteiger partial charge in [-0.2, -0.15) is 0 Å². The minimum absolute atomic E-state index is 0.0658. The van der Waals surface area contributed by atoms with E-state index in [0.717, 1.165) is 38.6 Å². The van der Waals surface area contributed by atoms with Crippen molar-refractivity contribution in [2.75, 3.05) is 6.54 Å². The number of hydrogen-bond acceptors (Lipinski definition) is 3. The molecule has 26 heavy (non-hydrogen) atoms. The number of hydrogen-bond donors (Lipinski definition) is 1. The molecule has 4 rings (SSSR count). The number of amides is 1. The van der Waals surface area contributed by atoms with Crippen LogP contribution in [0, 0.1) is 23.2 Å². The monoisotopic (exact) mass is 356 g/mol. The van der Waals surface area contributed by atoms with Crippen molar-refractivity contribution in [3.05, 3.63) is 23.5 Å². The van der Waals surface area contributed by atoms with Crippen molar-refractivity contribution in [1.82, 2.24) is 10.2 Å². The zero-order chi connectivity index (χ0) is 18.7. The number of carbonyl (C=O) groups excluding carboxylic acids is 2. The summed E-state index contributed by atoms with van der Waals surface area (Å²) in [5.41, 5.74) is 2.55. The molecule has 0 aromatic carbocycles. The maximum Gasteiger partial charge on any atom is 0.224 e. The molecule has 0 unspecified atom stereocenters. The van der Waals surface area contributed by atoms with E-state index in [1.807, 2.05) is 6.08 Å². The molecule has 142 valence electrons. The predicted octanol–water partition coefficient (Wildman–Crippen LogP) is 3.79. The van der Waals surface area contributed by atoms with Crippen LogP contribution in [0.15, 0.2) is 23.5 Å². The molecule has 2 aliphatic heterocycles. The van der Waals surface area contributed by atoms with Crippen molar-refractivity contribution < 1.29 is 9.59 Å². The van der Waals surface area contributed by atoms with Crippen LogP contribution >= 0.6 is 0 Å². The van der Waals surface area contributed by atoms with Crippen LogP contribution in [-0.2, 0) is 9.59 Å². The second-order valence-corrected chi connectivity index (χ2v) is 9.96. The number of allylic oxidation sites excluding steroid dienone is 4. The summed E-state index contributed by atoms with van der Waals surface area (Å²) in [4.78, 5) is 27.1. The Morgan fingerprint density at radius 1 is 1.23 bits per heavy atom. The van der Waals surface area contributed by atoms with Gasteiger partial charge in [0, 0.05) is 47.8 Å². The van der Waals surface area contributed by atoms with Gasteiger partial charge in [-0.15, -0.1) is 0 Å². The topological polar surface area (TPSA) is 49.4 Å². The second-order valence-electron chi connectivity index (χ2n) is 9.96. The van der Waals surface area contributed by atoms with Gasteiger partial charge in [-0.1, -0.05) is 13.0 Å². The maximum atomic E-state index is 13.0. The molecule has 2 aliphatic carbocycles. The molecule has 2 heterocycles. The van der Waals surface area contributed by atoms with E-state index in [-0.39, 0.29) is 28.6 Å². The van der Waals surface area contributed by atoms with E-state index < -0.39 is 0 Å². The third-order valence-electron chi connectivity index (χ3n) is 7.12. The van der Waals surface area contributed by atoms with Crippen molar-refractivity contribution in [1.29, 1.82) is 0 Å². The minimum atomic E-state index is -0.175. The summed E-state index contributed by atoms with van der Waals surface area (Å²) in [5.74, 6) is 1.75. The number of nitrogens with zero attached hydrogens (tertiary/aromatic N) is 1. The highest BCUT2D eigenvalue weighted by Crippen LogP contribution is 2.60. The van der Waals surface area contributed by atoms with Crippen LogP contribution in [0.3, 0.4) is 0 Å². The van der Waals surface area contributed by atoms with Gasteiger partial charge in [0.15, 0.2) is 5.78 Å². The van der Waals surface area contributed by atoms with Crippen molar-refractivity contribution in [2.45, 2.75) is 71.8 Å². The molecule has 0 aromatic heterocycles.